The molecule has 0 aromatic heterocycles. The topological polar surface area (TPSA) is 106 Å². The molecule has 0 radical (unpaired) electrons. The van der Waals surface area contributed by atoms with E-state index in [1.165, 1.54) is 28.6 Å². The number of carbonyl (C=O) groups excluding carboxylic acids is 1. The molecule has 1 heterocycles. The van der Waals surface area contributed by atoms with E-state index in [2.05, 4.69) is 0 Å². The second kappa shape index (κ2) is 6.13. The zero-order valence-corrected chi connectivity index (χ0v) is 12.8. The number of sulfonamides is 1. The van der Waals surface area contributed by atoms with Crippen LogP contribution in [0, 0.1) is 0 Å². The molecule has 0 aliphatic carbocycles. The third kappa shape index (κ3) is 3.25. The summed E-state index contributed by atoms with van der Waals surface area (Å²) in [4.78, 5) is 11.3. The molecule has 2 unspecified atom stereocenters. The number of piperidine rings is 1. The van der Waals surface area contributed by atoms with Crippen LogP contribution in [-0.2, 0) is 10.0 Å². The predicted octanol–water partition coefficient (Wildman–Crippen LogP) is 0.676. The third-order valence-electron chi connectivity index (χ3n) is 3.83. The number of nitrogens with zero attached hydrogens (tertiary/aromatic N) is 1. The van der Waals surface area contributed by atoms with Gasteiger partial charge in [0.1, 0.15) is 0 Å². The second-order valence-electron chi connectivity index (χ2n) is 5.43. The molecule has 2 rings (SSSR count). The molecule has 4 N–H and O–H groups in total. The average molecular weight is 311 g/mol. The van der Waals surface area contributed by atoms with Crippen LogP contribution in [0.2, 0.25) is 0 Å². The molecule has 116 valence electrons. The predicted molar refractivity (Wildman–Crippen MR) is 80.1 cm³/mol. The number of amides is 1. The Labute approximate surface area is 125 Å². The van der Waals surface area contributed by atoms with E-state index in [1.54, 1.807) is 0 Å². The van der Waals surface area contributed by atoms with Gasteiger partial charge in [-0.15, -0.1) is 0 Å². The lowest BCUT2D eigenvalue weighted by atomic mass is 10.00. The fourth-order valence-corrected chi connectivity index (χ4v) is 4.52. The lowest BCUT2D eigenvalue weighted by Crippen LogP contribution is -2.51. The van der Waals surface area contributed by atoms with Gasteiger partial charge in [-0.25, -0.2) is 8.42 Å². The minimum absolute atomic E-state index is 0.0892. The Morgan fingerprint density at radius 1 is 1.38 bits per heavy atom. The Hall–Kier alpha value is -1.44. The van der Waals surface area contributed by atoms with Gasteiger partial charge in [-0.3, -0.25) is 4.79 Å². The van der Waals surface area contributed by atoms with Crippen molar-refractivity contribution in [3.8, 4) is 0 Å². The largest absolute Gasteiger partial charge is 0.366 e. The molecule has 1 fully saturated rings. The van der Waals surface area contributed by atoms with E-state index >= 15 is 0 Å². The summed E-state index contributed by atoms with van der Waals surface area (Å²) in [5, 5.41) is 0. The van der Waals surface area contributed by atoms with Crippen molar-refractivity contribution in [3.63, 3.8) is 0 Å². The lowest BCUT2D eigenvalue weighted by molar-refractivity contribution is 0.1000. The summed E-state index contributed by atoms with van der Waals surface area (Å²) in [5.74, 6) is -0.644. The Balaban J connectivity index is 2.40. The molecule has 0 spiro atoms. The first kappa shape index (κ1) is 15.9. The van der Waals surface area contributed by atoms with Gasteiger partial charge < -0.3 is 11.5 Å². The van der Waals surface area contributed by atoms with Crippen LogP contribution in [0.15, 0.2) is 29.2 Å². The summed E-state index contributed by atoms with van der Waals surface area (Å²) >= 11 is 0. The summed E-state index contributed by atoms with van der Waals surface area (Å²) in [6.07, 6.45) is 2.55. The van der Waals surface area contributed by atoms with Crippen molar-refractivity contribution < 1.29 is 13.2 Å². The molecule has 1 aliphatic heterocycles. The van der Waals surface area contributed by atoms with Crippen LogP contribution in [-0.4, -0.2) is 37.3 Å². The number of benzene rings is 1. The highest BCUT2D eigenvalue weighted by molar-refractivity contribution is 7.89. The van der Waals surface area contributed by atoms with Crippen molar-refractivity contribution in [2.75, 3.05) is 6.54 Å². The monoisotopic (exact) mass is 311 g/mol. The molecule has 1 aliphatic rings. The van der Waals surface area contributed by atoms with Crippen LogP contribution in [0.3, 0.4) is 0 Å². The Bertz CT molecular complexity index is 628. The van der Waals surface area contributed by atoms with Gasteiger partial charge in [0.2, 0.25) is 15.9 Å². The van der Waals surface area contributed by atoms with Gasteiger partial charge in [0, 0.05) is 24.2 Å². The molecule has 21 heavy (non-hydrogen) atoms. The molecule has 2 atom stereocenters. The van der Waals surface area contributed by atoms with E-state index in [0.29, 0.717) is 6.54 Å². The SMILES string of the molecule is CC(N)C1CCCCN1S(=O)(=O)c1cccc(C(N)=O)c1. The van der Waals surface area contributed by atoms with Crippen molar-refractivity contribution in [3.05, 3.63) is 29.8 Å². The standard InChI is InChI=1S/C14H21N3O3S/c1-10(15)13-7-2-3-8-17(13)21(19,20)12-6-4-5-11(9-12)14(16)18/h4-6,9-10,13H,2-3,7-8,15H2,1H3,(H2,16,18). The number of rotatable bonds is 4. The summed E-state index contributed by atoms with van der Waals surface area (Å²) < 4.78 is 27.0. The molecule has 1 aromatic carbocycles. The molecular formula is C14H21N3O3S. The number of nitrogens with two attached hydrogens (primary N) is 2. The number of hydrogen-bond donors (Lipinski definition) is 2. The van der Waals surface area contributed by atoms with Crippen molar-refractivity contribution in [1.29, 1.82) is 0 Å². The van der Waals surface area contributed by atoms with Crippen molar-refractivity contribution in [2.45, 2.75) is 43.2 Å². The van der Waals surface area contributed by atoms with Crippen LogP contribution in [0.4, 0.5) is 0 Å². The fourth-order valence-electron chi connectivity index (χ4n) is 2.70. The second-order valence-corrected chi connectivity index (χ2v) is 7.32. The molecule has 1 saturated heterocycles. The highest BCUT2D eigenvalue weighted by Crippen LogP contribution is 2.27. The first-order valence-corrected chi connectivity index (χ1v) is 8.45. The van der Waals surface area contributed by atoms with Crippen LogP contribution in [0.1, 0.15) is 36.5 Å². The fraction of sp³-hybridized carbons (Fsp3) is 0.500. The Kier molecular flexibility index (Phi) is 4.65. The van der Waals surface area contributed by atoms with Gasteiger partial charge in [0.25, 0.3) is 0 Å². The van der Waals surface area contributed by atoms with Gasteiger partial charge in [0.05, 0.1) is 4.90 Å². The van der Waals surface area contributed by atoms with Crippen LogP contribution in [0.5, 0.6) is 0 Å². The maximum Gasteiger partial charge on any atom is 0.248 e. The van der Waals surface area contributed by atoms with Crippen LogP contribution in [0.25, 0.3) is 0 Å². The smallest absolute Gasteiger partial charge is 0.248 e. The number of hydrogen-bond acceptors (Lipinski definition) is 4. The zero-order chi connectivity index (χ0) is 15.6. The van der Waals surface area contributed by atoms with E-state index in [0.717, 1.165) is 19.3 Å². The third-order valence-corrected chi connectivity index (χ3v) is 5.75. The van der Waals surface area contributed by atoms with E-state index in [9.17, 15) is 13.2 Å². The molecule has 0 saturated carbocycles. The summed E-state index contributed by atoms with van der Waals surface area (Å²) in [7, 11) is -3.67. The van der Waals surface area contributed by atoms with E-state index in [-0.39, 0.29) is 22.5 Å². The molecular weight excluding hydrogens is 290 g/mol. The Morgan fingerprint density at radius 2 is 2.10 bits per heavy atom. The average Bonchev–Trinajstić information content (AvgIpc) is 2.47. The summed E-state index contributed by atoms with van der Waals surface area (Å²) in [5.41, 5.74) is 11.3. The molecule has 7 heteroatoms. The van der Waals surface area contributed by atoms with Gasteiger partial charge in [-0.05, 0) is 38.0 Å². The normalized spacial score (nSPS) is 21.9. The molecule has 0 bridgehead atoms. The quantitative estimate of drug-likeness (QED) is 0.852. The van der Waals surface area contributed by atoms with Crippen molar-refractivity contribution >= 4 is 15.9 Å². The van der Waals surface area contributed by atoms with Gasteiger partial charge in [-0.2, -0.15) is 4.31 Å². The first-order valence-electron chi connectivity index (χ1n) is 7.01. The highest BCUT2D eigenvalue weighted by atomic mass is 32.2. The zero-order valence-electron chi connectivity index (χ0n) is 12.0. The van der Waals surface area contributed by atoms with Gasteiger partial charge >= 0.3 is 0 Å². The molecule has 1 amide bonds. The van der Waals surface area contributed by atoms with Gasteiger partial charge in [-0.1, -0.05) is 12.5 Å². The minimum atomic E-state index is -3.67. The van der Waals surface area contributed by atoms with Crippen molar-refractivity contribution in [1.82, 2.24) is 4.31 Å². The van der Waals surface area contributed by atoms with Gasteiger partial charge in [0.15, 0.2) is 0 Å². The number of carbonyl (C=O) groups is 1. The molecule has 1 aromatic rings. The van der Waals surface area contributed by atoms with Crippen LogP contribution >= 0.6 is 0 Å². The Morgan fingerprint density at radius 3 is 2.71 bits per heavy atom. The van der Waals surface area contributed by atoms with E-state index in [4.69, 9.17) is 11.5 Å². The lowest BCUT2D eigenvalue weighted by Gasteiger charge is -2.36. The minimum Gasteiger partial charge on any atom is -0.366 e. The van der Waals surface area contributed by atoms with Crippen LogP contribution < -0.4 is 11.5 Å². The summed E-state index contributed by atoms with van der Waals surface area (Å²) in [6.45, 7) is 2.27. The van der Waals surface area contributed by atoms with Crippen molar-refractivity contribution in [2.24, 2.45) is 11.5 Å². The number of primary amides is 1. The van der Waals surface area contributed by atoms with E-state index < -0.39 is 15.9 Å². The summed E-state index contributed by atoms with van der Waals surface area (Å²) in [6, 6.07) is 5.39. The molecule has 6 nitrogen and oxygen atoms in total. The maximum absolute atomic E-state index is 12.8. The van der Waals surface area contributed by atoms with E-state index in [1.807, 2.05) is 6.92 Å². The first-order chi connectivity index (χ1) is 9.84. The highest BCUT2D eigenvalue weighted by Gasteiger charge is 2.35. The maximum atomic E-state index is 12.8.